The predicted octanol–water partition coefficient (Wildman–Crippen LogP) is 3.60. The average Bonchev–Trinajstić information content (AvgIpc) is 2.54. The number of carbonyl (C=O) groups is 1. The van der Waals surface area contributed by atoms with E-state index < -0.39 is 0 Å². The Hall–Kier alpha value is -1.07. The molecule has 0 saturated carbocycles. The molecule has 3 rings (SSSR count). The van der Waals surface area contributed by atoms with Crippen LogP contribution in [0.5, 0.6) is 0 Å². The van der Waals surface area contributed by atoms with Crippen LogP contribution in [0.2, 0.25) is 0 Å². The largest absolute Gasteiger partial charge is 0.398 e. The Labute approximate surface area is 134 Å². The van der Waals surface area contributed by atoms with Crippen LogP contribution in [0.3, 0.4) is 0 Å². The van der Waals surface area contributed by atoms with E-state index >= 15 is 0 Å². The average molecular weight is 398 g/mol. The number of hydrogen-bond acceptors (Lipinski definition) is 3. The van der Waals surface area contributed by atoms with Gasteiger partial charge in [-0.25, -0.2) is 0 Å². The number of benzene rings is 1. The number of aryl methyl sites for hydroxylation is 2. The minimum Gasteiger partial charge on any atom is -0.398 e. The molecule has 1 unspecified atom stereocenters. The molecule has 5 heteroatoms. The van der Waals surface area contributed by atoms with Crippen molar-refractivity contribution in [1.82, 2.24) is 5.32 Å². The predicted molar refractivity (Wildman–Crippen MR) is 88.0 cm³/mol. The van der Waals surface area contributed by atoms with E-state index in [-0.39, 0.29) is 11.8 Å². The number of nitrogen functional groups attached to an aromatic ring is 1. The highest BCUT2D eigenvalue weighted by Gasteiger charge is 2.32. The summed E-state index contributed by atoms with van der Waals surface area (Å²) in [6.45, 7) is 1.97. The van der Waals surface area contributed by atoms with E-state index in [1.165, 1.54) is 0 Å². The molecule has 0 fully saturated rings. The van der Waals surface area contributed by atoms with Crippen LogP contribution in [0.4, 0.5) is 5.69 Å². The second kappa shape index (κ2) is 5.04. The van der Waals surface area contributed by atoms with Crippen molar-refractivity contribution in [2.24, 2.45) is 0 Å². The first-order valence-electron chi connectivity index (χ1n) is 6.43. The molecular weight excluding hydrogens is 384 g/mol. The highest BCUT2D eigenvalue weighted by atomic mass is 79.9. The molecule has 0 bridgehead atoms. The van der Waals surface area contributed by atoms with Crippen molar-refractivity contribution in [2.75, 3.05) is 5.73 Å². The summed E-state index contributed by atoms with van der Waals surface area (Å²) in [5.74, 6) is 0.0820. The van der Waals surface area contributed by atoms with Crippen LogP contribution >= 0.6 is 31.9 Å². The highest BCUT2D eigenvalue weighted by molar-refractivity contribution is 9.12. The van der Waals surface area contributed by atoms with Crippen molar-refractivity contribution < 1.29 is 4.79 Å². The first-order chi connectivity index (χ1) is 9.49. The van der Waals surface area contributed by atoms with Crippen LogP contribution in [0, 0.1) is 6.92 Å². The third-order valence-electron chi connectivity index (χ3n) is 3.87. The molecule has 104 valence electrons. The number of nitrogens with two attached hydrogens (primary N) is 1. The van der Waals surface area contributed by atoms with Crippen molar-refractivity contribution >= 4 is 43.3 Å². The van der Waals surface area contributed by atoms with E-state index in [1.807, 2.05) is 25.3 Å². The molecule has 2 aliphatic rings. The number of rotatable bonds is 0. The second-order valence-corrected chi connectivity index (χ2v) is 6.88. The van der Waals surface area contributed by atoms with E-state index in [0.717, 1.165) is 44.1 Å². The second-order valence-electron chi connectivity index (χ2n) is 5.17. The number of halogens is 2. The van der Waals surface area contributed by atoms with Gasteiger partial charge in [0.2, 0.25) is 0 Å². The maximum atomic E-state index is 12.8. The fraction of sp³-hybridized carbons (Fsp3) is 0.267. The van der Waals surface area contributed by atoms with Crippen LogP contribution in [0.1, 0.15) is 27.9 Å². The highest BCUT2D eigenvalue weighted by Crippen LogP contribution is 2.36. The number of carbonyl (C=O) groups excluding carboxylic acids is 1. The smallest absolute Gasteiger partial charge is 0.190 e. The summed E-state index contributed by atoms with van der Waals surface area (Å²) in [5, 5.41) is 3.17. The van der Waals surface area contributed by atoms with E-state index in [4.69, 9.17) is 5.73 Å². The molecule has 1 aliphatic carbocycles. The van der Waals surface area contributed by atoms with Gasteiger partial charge in [0.1, 0.15) is 6.04 Å². The molecule has 1 aromatic rings. The minimum atomic E-state index is -0.282. The van der Waals surface area contributed by atoms with Crippen LogP contribution < -0.4 is 11.1 Å². The molecule has 1 aliphatic heterocycles. The van der Waals surface area contributed by atoms with Gasteiger partial charge in [-0.15, -0.1) is 0 Å². The van der Waals surface area contributed by atoms with Gasteiger partial charge < -0.3 is 11.1 Å². The Bertz CT molecular complexity index is 677. The zero-order chi connectivity index (χ0) is 14.4. The molecule has 0 radical (unpaired) electrons. The third-order valence-corrected chi connectivity index (χ3v) is 5.15. The summed E-state index contributed by atoms with van der Waals surface area (Å²) >= 11 is 6.95. The van der Waals surface area contributed by atoms with Crippen LogP contribution in [0.15, 0.2) is 32.9 Å². The van der Waals surface area contributed by atoms with E-state index in [0.29, 0.717) is 5.69 Å². The van der Waals surface area contributed by atoms with Crippen molar-refractivity contribution in [3.05, 3.63) is 49.6 Å². The van der Waals surface area contributed by atoms with Gasteiger partial charge in [-0.05, 0) is 74.4 Å². The van der Waals surface area contributed by atoms with Crippen LogP contribution in [-0.2, 0) is 6.42 Å². The molecule has 0 aromatic heterocycles. The lowest BCUT2D eigenvalue weighted by Crippen LogP contribution is -2.36. The summed E-state index contributed by atoms with van der Waals surface area (Å²) in [6.07, 6.45) is 5.58. The zero-order valence-electron chi connectivity index (χ0n) is 11.0. The molecule has 0 saturated heterocycles. The first kappa shape index (κ1) is 13.9. The van der Waals surface area contributed by atoms with Gasteiger partial charge in [0.15, 0.2) is 5.78 Å². The maximum absolute atomic E-state index is 12.8. The Balaban J connectivity index is 2.15. The summed E-state index contributed by atoms with van der Waals surface area (Å²) in [6, 6.07) is 1.75. The van der Waals surface area contributed by atoms with Crippen LogP contribution in [-0.4, -0.2) is 11.8 Å². The Morgan fingerprint density at radius 3 is 2.85 bits per heavy atom. The van der Waals surface area contributed by atoms with Crippen molar-refractivity contribution in [3.8, 4) is 0 Å². The van der Waals surface area contributed by atoms with Gasteiger partial charge in [0, 0.05) is 21.9 Å². The minimum absolute atomic E-state index is 0.0820. The quantitative estimate of drug-likeness (QED) is 0.657. The van der Waals surface area contributed by atoms with Crippen molar-refractivity contribution in [1.29, 1.82) is 0 Å². The van der Waals surface area contributed by atoms with Crippen molar-refractivity contribution in [2.45, 2.75) is 25.8 Å². The van der Waals surface area contributed by atoms with Gasteiger partial charge in [0.25, 0.3) is 0 Å². The monoisotopic (exact) mass is 396 g/mol. The first-order valence-corrected chi connectivity index (χ1v) is 8.01. The molecule has 1 aromatic carbocycles. The number of hydrogen-bond donors (Lipinski definition) is 2. The summed E-state index contributed by atoms with van der Waals surface area (Å²) in [7, 11) is 0. The number of anilines is 1. The Kier molecular flexibility index (Phi) is 3.50. The number of allylic oxidation sites excluding steroid dienone is 2. The molecule has 0 amide bonds. The molecule has 0 spiro atoms. The van der Waals surface area contributed by atoms with Gasteiger partial charge in [-0.2, -0.15) is 0 Å². The SMILES string of the molecule is Cc1cc2c(c(Br)c1N)C(=O)C1NC=C(Br)C=C1CC2. The lowest BCUT2D eigenvalue weighted by Gasteiger charge is -2.22. The number of ketones is 1. The van der Waals surface area contributed by atoms with Gasteiger partial charge in [0.05, 0.1) is 4.47 Å². The lowest BCUT2D eigenvalue weighted by molar-refractivity contribution is 0.0963. The maximum Gasteiger partial charge on any atom is 0.190 e. The Morgan fingerprint density at radius 2 is 2.10 bits per heavy atom. The van der Waals surface area contributed by atoms with Crippen molar-refractivity contribution in [3.63, 3.8) is 0 Å². The van der Waals surface area contributed by atoms with Crippen LogP contribution in [0.25, 0.3) is 0 Å². The number of fused-ring (bicyclic) bond motifs is 2. The molecular formula is C15H14Br2N2O. The molecule has 1 heterocycles. The third kappa shape index (κ3) is 2.13. The lowest BCUT2D eigenvalue weighted by atomic mass is 9.95. The normalized spacial score (nSPS) is 21.1. The Morgan fingerprint density at radius 1 is 1.35 bits per heavy atom. The number of Topliss-reactive ketones (excluding diaryl/α,β-unsaturated/α-hetero) is 1. The summed E-state index contributed by atoms with van der Waals surface area (Å²) in [5.41, 5.74) is 10.6. The summed E-state index contributed by atoms with van der Waals surface area (Å²) < 4.78 is 1.70. The fourth-order valence-electron chi connectivity index (χ4n) is 2.78. The fourth-order valence-corrected chi connectivity index (χ4v) is 3.97. The van der Waals surface area contributed by atoms with Gasteiger partial charge in [-0.3, -0.25) is 4.79 Å². The van der Waals surface area contributed by atoms with E-state index in [2.05, 4.69) is 37.2 Å². The summed E-state index contributed by atoms with van der Waals surface area (Å²) in [4.78, 5) is 12.8. The molecule has 1 atom stereocenters. The topological polar surface area (TPSA) is 55.1 Å². The van der Waals surface area contributed by atoms with Gasteiger partial charge in [-0.1, -0.05) is 6.07 Å². The van der Waals surface area contributed by atoms with E-state index in [9.17, 15) is 4.79 Å². The van der Waals surface area contributed by atoms with Gasteiger partial charge >= 0.3 is 0 Å². The number of dihydropyridines is 1. The molecule has 20 heavy (non-hydrogen) atoms. The molecule has 3 N–H and O–H groups in total. The zero-order valence-corrected chi connectivity index (χ0v) is 14.1. The van der Waals surface area contributed by atoms with E-state index in [1.54, 1.807) is 0 Å². The standard InChI is InChI=1S/C15H14Br2N2O/c1-7-4-8-2-3-9-5-10(16)6-19-14(9)15(20)11(8)12(17)13(7)18/h4-6,14,19H,2-3,18H2,1H3. The molecule has 3 nitrogen and oxygen atoms in total. The number of nitrogens with one attached hydrogen (secondary N) is 1.